The number of rotatable bonds is 4. The quantitative estimate of drug-likeness (QED) is 0.554. The molecule has 0 radical (unpaired) electrons. The summed E-state index contributed by atoms with van der Waals surface area (Å²) in [7, 11) is 0. The van der Waals surface area contributed by atoms with Crippen molar-refractivity contribution in [2.24, 2.45) is 16.2 Å². The zero-order valence-corrected chi connectivity index (χ0v) is 20.7. The van der Waals surface area contributed by atoms with Gasteiger partial charge in [-0.25, -0.2) is 0 Å². The second kappa shape index (κ2) is 7.97. The Morgan fingerprint density at radius 1 is 0.630 bits per heavy atom. The Labute approximate surface area is 167 Å². The van der Waals surface area contributed by atoms with Gasteiger partial charge in [-0.1, -0.05) is 0 Å². The van der Waals surface area contributed by atoms with Crippen molar-refractivity contribution in [1.82, 2.24) is 0 Å². The molecule has 0 aliphatic heterocycles. The van der Waals surface area contributed by atoms with Crippen LogP contribution in [0, 0.1) is 16.2 Å². The summed E-state index contributed by atoms with van der Waals surface area (Å²) in [4.78, 5) is 38.1. The molecule has 7 heteroatoms. The molecular formula is C20H32O6Sn. The fraction of sp³-hybridized carbons (Fsp3) is 0.650. The van der Waals surface area contributed by atoms with Gasteiger partial charge in [0.2, 0.25) is 0 Å². The maximum absolute atomic E-state index is 12.7. The molecule has 152 valence electrons. The minimum absolute atomic E-state index is 0.539. The van der Waals surface area contributed by atoms with Crippen LogP contribution in [0.25, 0.3) is 0 Å². The Balaban J connectivity index is 3.44. The van der Waals surface area contributed by atoms with Crippen LogP contribution in [0.1, 0.15) is 62.3 Å². The van der Waals surface area contributed by atoms with E-state index in [-0.39, 0.29) is 0 Å². The molecule has 0 saturated heterocycles. The molecule has 1 rings (SSSR count). The average Bonchev–Trinajstić information content (AvgIpc) is 2.98. The van der Waals surface area contributed by atoms with E-state index in [1.165, 1.54) is 0 Å². The van der Waals surface area contributed by atoms with Gasteiger partial charge >= 0.3 is 168 Å². The van der Waals surface area contributed by atoms with Crippen LogP contribution in [0.3, 0.4) is 0 Å². The van der Waals surface area contributed by atoms with E-state index >= 15 is 0 Å². The average molecular weight is 487 g/mol. The molecule has 0 bridgehead atoms. The summed E-state index contributed by atoms with van der Waals surface area (Å²) in [5.74, 6) is -1.68. The fourth-order valence-corrected chi connectivity index (χ4v) is 10.1. The Bertz CT molecular complexity index is 574. The van der Waals surface area contributed by atoms with E-state index in [9.17, 15) is 14.4 Å². The van der Waals surface area contributed by atoms with E-state index in [0.29, 0.717) is 0 Å². The summed E-state index contributed by atoms with van der Waals surface area (Å²) in [5, 5.41) is 0. The standard InChI is InChI=1S/3C5H10O2.C5H5.Sn/c3*1-5(2,3)4(6)7;1-2-4-5-3-1;/h3*1-3H3,(H,6,7);1-5H;/q;;;;+3/p-3. The molecule has 0 amide bonds. The van der Waals surface area contributed by atoms with Gasteiger partial charge in [0.05, 0.1) is 0 Å². The van der Waals surface area contributed by atoms with Gasteiger partial charge in [-0.05, 0) is 0 Å². The molecule has 0 unspecified atom stereocenters. The van der Waals surface area contributed by atoms with E-state index in [1.807, 2.05) is 0 Å². The third-order valence-electron chi connectivity index (χ3n) is 3.70. The van der Waals surface area contributed by atoms with Crippen molar-refractivity contribution >= 4 is 37.5 Å². The van der Waals surface area contributed by atoms with Crippen LogP contribution in [-0.2, 0) is 23.6 Å². The molecule has 0 saturated carbocycles. The number of carbonyl (C=O) groups excluding carboxylic acids is 3. The molecule has 0 atom stereocenters. The van der Waals surface area contributed by atoms with Crippen LogP contribution < -0.4 is 0 Å². The summed E-state index contributed by atoms with van der Waals surface area (Å²) in [6, 6.07) is 0. The normalized spacial score (nSPS) is 15.6. The van der Waals surface area contributed by atoms with Gasteiger partial charge < -0.3 is 0 Å². The molecule has 27 heavy (non-hydrogen) atoms. The van der Waals surface area contributed by atoms with E-state index in [2.05, 4.69) is 0 Å². The molecule has 0 heterocycles. The molecule has 0 N–H and O–H groups in total. The fourth-order valence-electron chi connectivity index (χ4n) is 1.78. The summed E-state index contributed by atoms with van der Waals surface area (Å²) >= 11 is -5.07. The van der Waals surface area contributed by atoms with Crippen molar-refractivity contribution in [3.63, 3.8) is 0 Å². The van der Waals surface area contributed by atoms with Gasteiger partial charge in [0.25, 0.3) is 0 Å². The monoisotopic (exact) mass is 488 g/mol. The first-order valence-corrected chi connectivity index (χ1v) is 14.2. The van der Waals surface area contributed by atoms with Crippen molar-refractivity contribution in [1.29, 1.82) is 0 Å². The first kappa shape index (κ1) is 23.7. The van der Waals surface area contributed by atoms with Crippen LogP contribution in [0.15, 0.2) is 24.3 Å². The Morgan fingerprint density at radius 2 is 0.889 bits per heavy atom. The van der Waals surface area contributed by atoms with E-state index in [0.717, 1.165) is 0 Å². The van der Waals surface area contributed by atoms with Gasteiger partial charge in [-0.3, -0.25) is 0 Å². The van der Waals surface area contributed by atoms with Crippen molar-refractivity contribution in [2.75, 3.05) is 0 Å². The van der Waals surface area contributed by atoms with E-state index in [1.54, 1.807) is 86.6 Å². The summed E-state index contributed by atoms with van der Waals surface area (Å²) < 4.78 is 16.9. The Morgan fingerprint density at radius 3 is 1.11 bits per heavy atom. The number of carbonyl (C=O) groups is 3. The zero-order valence-electron chi connectivity index (χ0n) is 17.8. The SMILES string of the molecule is CC(C)(C)C(=O)[O][Sn]([O]C(=O)C(C)(C)C)([O]C(=O)C(C)(C)C)[CH]1C=CC=C1. The van der Waals surface area contributed by atoms with Gasteiger partial charge in [0.1, 0.15) is 0 Å². The molecule has 1 aliphatic rings. The van der Waals surface area contributed by atoms with Crippen LogP contribution in [0.2, 0.25) is 3.93 Å². The maximum atomic E-state index is 12.7. The third-order valence-corrected chi connectivity index (χ3v) is 11.2. The minimum atomic E-state index is -5.07. The summed E-state index contributed by atoms with van der Waals surface area (Å²) in [6.07, 6.45) is 7.02. The van der Waals surface area contributed by atoms with Crippen LogP contribution >= 0.6 is 0 Å². The van der Waals surface area contributed by atoms with Gasteiger partial charge in [-0.15, -0.1) is 0 Å². The Kier molecular flexibility index (Phi) is 7.01. The van der Waals surface area contributed by atoms with Gasteiger partial charge in [0, 0.05) is 0 Å². The second-order valence-corrected chi connectivity index (χ2v) is 16.9. The summed E-state index contributed by atoms with van der Waals surface area (Å²) in [5.41, 5.74) is -2.51. The number of hydrogen-bond acceptors (Lipinski definition) is 6. The third kappa shape index (κ3) is 6.36. The Hall–Kier alpha value is -1.31. The first-order chi connectivity index (χ1) is 12.0. The van der Waals surface area contributed by atoms with Crippen LogP contribution in [0.4, 0.5) is 0 Å². The molecule has 6 nitrogen and oxygen atoms in total. The van der Waals surface area contributed by atoms with E-state index in [4.69, 9.17) is 9.22 Å². The van der Waals surface area contributed by atoms with Crippen molar-refractivity contribution in [3.8, 4) is 0 Å². The zero-order chi connectivity index (χ0) is 21.3. The molecule has 0 fully saturated rings. The van der Waals surface area contributed by atoms with Crippen molar-refractivity contribution in [3.05, 3.63) is 24.3 Å². The molecule has 0 aromatic carbocycles. The predicted molar refractivity (Wildman–Crippen MR) is 104 cm³/mol. The molecule has 0 spiro atoms. The van der Waals surface area contributed by atoms with Crippen LogP contribution in [-0.4, -0.2) is 37.5 Å². The van der Waals surface area contributed by atoms with Gasteiger partial charge in [-0.2, -0.15) is 0 Å². The van der Waals surface area contributed by atoms with Crippen LogP contribution in [0.5, 0.6) is 0 Å². The number of hydrogen-bond donors (Lipinski definition) is 0. The topological polar surface area (TPSA) is 78.9 Å². The van der Waals surface area contributed by atoms with Gasteiger partial charge in [0.15, 0.2) is 0 Å². The first-order valence-electron chi connectivity index (χ1n) is 9.04. The number of allylic oxidation sites excluding steroid dienone is 4. The second-order valence-electron chi connectivity index (χ2n) is 9.82. The molecule has 1 aliphatic carbocycles. The molecular weight excluding hydrogens is 455 g/mol. The molecule has 0 aromatic rings. The summed E-state index contributed by atoms with van der Waals surface area (Å²) in [6.45, 7) is 15.3. The van der Waals surface area contributed by atoms with E-state index < -0.39 is 57.7 Å². The van der Waals surface area contributed by atoms with Crippen molar-refractivity contribution in [2.45, 2.75) is 66.2 Å². The molecule has 0 aromatic heterocycles. The van der Waals surface area contributed by atoms with Crippen molar-refractivity contribution < 1.29 is 23.6 Å². The predicted octanol–water partition coefficient (Wildman–Crippen LogP) is 4.19.